The average Bonchev–Trinajstić information content (AvgIpc) is 3.39. The van der Waals surface area contributed by atoms with Crippen molar-refractivity contribution in [3.05, 3.63) is 284 Å². The Labute approximate surface area is 394 Å². The SMILES string of the molecule is C#CC=CC=CCN(c1ccccc1)c1cc(C(=O)c2cc(N(c3ccccc3)c3ccccc3)cc(N(c3ccccc3)c3ccccc3)c2)cc(N(c2ccccc2)c2ccccc2)c1. The Morgan fingerprint density at radius 2 is 0.642 bits per heavy atom. The molecule has 0 spiro atoms. The molecule has 67 heavy (non-hydrogen) atoms. The Morgan fingerprint density at radius 1 is 0.358 bits per heavy atom. The monoisotopic (exact) mass is 864 g/mol. The molecule has 0 atom stereocenters. The van der Waals surface area contributed by atoms with E-state index < -0.39 is 0 Å². The number of terminal acetylenes is 1. The molecule has 0 saturated heterocycles. The van der Waals surface area contributed by atoms with E-state index in [9.17, 15) is 0 Å². The number of rotatable bonds is 16. The summed E-state index contributed by atoms with van der Waals surface area (Å²) < 4.78 is 0. The van der Waals surface area contributed by atoms with Crippen molar-refractivity contribution in [2.75, 3.05) is 26.1 Å². The van der Waals surface area contributed by atoms with E-state index in [-0.39, 0.29) is 5.78 Å². The predicted molar refractivity (Wildman–Crippen MR) is 281 cm³/mol. The zero-order valence-corrected chi connectivity index (χ0v) is 37.0. The standard InChI is InChI=1S/C62H48N4O/c1-2-3-4-5-27-42-63(51-28-13-6-14-29-51)58-43-49(44-59(47-58)64(52-30-15-7-16-31-52)53-32-17-8-18-33-53)62(67)50-45-60(65(54-34-19-9-20-35-54)55-36-21-10-22-37-55)48-61(46-50)66(56-38-23-11-24-39-56)57-40-25-12-26-41-57/h1,3-41,43-48H,42H2. The molecule has 0 heterocycles. The molecule has 5 heteroatoms. The number of allylic oxidation sites excluding steroid dienone is 3. The van der Waals surface area contributed by atoms with Crippen molar-refractivity contribution in [1.82, 2.24) is 0 Å². The lowest BCUT2D eigenvalue weighted by molar-refractivity contribution is 0.103. The fourth-order valence-electron chi connectivity index (χ4n) is 8.29. The van der Waals surface area contributed by atoms with Gasteiger partial charge in [-0.1, -0.05) is 152 Å². The molecule has 0 aromatic heterocycles. The second-order valence-corrected chi connectivity index (χ2v) is 15.7. The lowest BCUT2D eigenvalue weighted by Crippen LogP contribution is -2.19. The maximum Gasteiger partial charge on any atom is 0.193 e. The van der Waals surface area contributed by atoms with Crippen molar-refractivity contribution in [1.29, 1.82) is 0 Å². The summed E-state index contributed by atoms with van der Waals surface area (Å²) in [6, 6.07) is 84.4. The van der Waals surface area contributed by atoms with Crippen LogP contribution in [0.4, 0.5) is 62.6 Å². The topological polar surface area (TPSA) is 30.0 Å². The van der Waals surface area contributed by atoms with Gasteiger partial charge in [-0.15, -0.1) is 6.42 Å². The van der Waals surface area contributed by atoms with Crippen LogP contribution in [0.1, 0.15) is 15.9 Å². The molecule has 9 aromatic rings. The molecule has 0 unspecified atom stereocenters. The first-order chi connectivity index (χ1) is 33.1. The zero-order chi connectivity index (χ0) is 45.6. The Balaban J connectivity index is 1.29. The minimum absolute atomic E-state index is 0.130. The van der Waals surface area contributed by atoms with Gasteiger partial charge in [0.2, 0.25) is 0 Å². The molecule has 0 saturated carbocycles. The summed E-state index contributed by atoms with van der Waals surface area (Å²) >= 11 is 0. The third-order valence-corrected chi connectivity index (χ3v) is 11.3. The summed E-state index contributed by atoms with van der Waals surface area (Å²) in [6.45, 7) is 0.512. The largest absolute Gasteiger partial charge is 0.338 e. The normalized spacial score (nSPS) is 11.0. The van der Waals surface area contributed by atoms with Crippen LogP contribution in [0.3, 0.4) is 0 Å². The van der Waals surface area contributed by atoms with Gasteiger partial charge >= 0.3 is 0 Å². The number of ketones is 1. The summed E-state index contributed by atoms with van der Waals surface area (Å²) in [5.41, 5.74) is 11.1. The molecule has 0 N–H and O–H groups in total. The van der Waals surface area contributed by atoms with E-state index in [4.69, 9.17) is 6.42 Å². The van der Waals surface area contributed by atoms with Crippen molar-refractivity contribution in [3.8, 4) is 12.3 Å². The first-order valence-electron chi connectivity index (χ1n) is 22.3. The van der Waals surface area contributed by atoms with Crippen molar-refractivity contribution >= 4 is 68.3 Å². The molecule has 0 amide bonds. The molecule has 0 aliphatic heterocycles. The third-order valence-electron chi connectivity index (χ3n) is 11.3. The fraction of sp³-hybridized carbons (Fsp3) is 0.0161. The molecule has 0 aliphatic rings. The highest BCUT2D eigenvalue weighted by atomic mass is 16.1. The van der Waals surface area contributed by atoms with Crippen LogP contribution in [-0.4, -0.2) is 12.3 Å². The van der Waals surface area contributed by atoms with E-state index in [2.05, 4.69) is 129 Å². The second-order valence-electron chi connectivity index (χ2n) is 15.7. The molecule has 0 radical (unpaired) electrons. The Kier molecular flexibility index (Phi) is 13.6. The molecule has 9 rings (SSSR count). The van der Waals surface area contributed by atoms with Crippen LogP contribution in [0.2, 0.25) is 0 Å². The molecular formula is C62H48N4O. The van der Waals surface area contributed by atoms with Gasteiger partial charge in [-0.25, -0.2) is 0 Å². The Morgan fingerprint density at radius 3 is 0.955 bits per heavy atom. The first kappa shape index (κ1) is 43.2. The summed E-state index contributed by atoms with van der Waals surface area (Å²) in [5.74, 6) is 2.44. The average molecular weight is 865 g/mol. The summed E-state index contributed by atoms with van der Waals surface area (Å²) in [6.07, 6.45) is 13.1. The van der Waals surface area contributed by atoms with Crippen LogP contribution >= 0.6 is 0 Å². The van der Waals surface area contributed by atoms with Crippen molar-refractivity contribution < 1.29 is 4.79 Å². The lowest BCUT2D eigenvalue weighted by Gasteiger charge is -2.30. The Bertz CT molecular complexity index is 2900. The molecule has 0 aliphatic carbocycles. The molecule has 9 aromatic carbocycles. The van der Waals surface area contributed by atoms with Gasteiger partial charge in [0.15, 0.2) is 5.78 Å². The second kappa shape index (κ2) is 21.0. The summed E-state index contributed by atoms with van der Waals surface area (Å²) in [4.78, 5) is 24.8. The van der Waals surface area contributed by atoms with E-state index in [1.807, 2.05) is 164 Å². The first-order valence-corrected chi connectivity index (χ1v) is 22.3. The quantitative estimate of drug-likeness (QED) is 0.0548. The fourth-order valence-corrected chi connectivity index (χ4v) is 8.29. The van der Waals surface area contributed by atoms with Crippen LogP contribution in [-0.2, 0) is 0 Å². The van der Waals surface area contributed by atoms with E-state index in [1.165, 1.54) is 0 Å². The molecule has 0 fully saturated rings. The number of nitrogens with zero attached hydrogens (tertiary/aromatic N) is 4. The van der Waals surface area contributed by atoms with Gasteiger partial charge in [0, 0.05) is 80.2 Å². The van der Waals surface area contributed by atoms with Gasteiger partial charge in [-0.05, 0) is 127 Å². The number of carbonyl (C=O) groups is 1. The summed E-state index contributed by atoms with van der Waals surface area (Å²) in [5, 5.41) is 0. The van der Waals surface area contributed by atoms with Gasteiger partial charge in [0.05, 0.1) is 0 Å². The van der Waals surface area contributed by atoms with Gasteiger partial charge in [-0.3, -0.25) is 4.79 Å². The number of hydrogen-bond acceptors (Lipinski definition) is 5. The zero-order valence-electron chi connectivity index (χ0n) is 37.0. The summed E-state index contributed by atoms with van der Waals surface area (Å²) in [7, 11) is 0. The van der Waals surface area contributed by atoms with Crippen LogP contribution in [0.15, 0.2) is 273 Å². The van der Waals surface area contributed by atoms with Crippen molar-refractivity contribution in [3.63, 3.8) is 0 Å². The molecule has 0 bridgehead atoms. The number of para-hydroxylation sites is 7. The highest BCUT2D eigenvalue weighted by Crippen LogP contribution is 2.43. The van der Waals surface area contributed by atoms with Gasteiger partial charge < -0.3 is 19.6 Å². The Hall–Kier alpha value is -9.11. The van der Waals surface area contributed by atoms with Crippen LogP contribution < -0.4 is 19.6 Å². The van der Waals surface area contributed by atoms with E-state index in [0.717, 1.165) is 62.6 Å². The number of benzene rings is 9. The van der Waals surface area contributed by atoms with E-state index in [0.29, 0.717) is 17.7 Å². The van der Waals surface area contributed by atoms with Crippen LogP contribution in [0, 0.1) is 12.3 Å². The predicted octanol–water partition coefficient (Wildman–Crippen LogP) is 16.2. The number of anilines is 11. The number of hydrogen-bond donors (Lipinski definition) is 0. The van der Waals surface area contributed by atoms with E-state index in [1.54, 1.807) is 6.08 Å². The maximum atomic E-state index is 15.9. The number of carbonyl (C=O) groups excluding carboxylic acids is 1. The maximum absolute atomic E-state index is 15.9. The smallest absolute Gasteiger partial charge is 0.193 e. The van der Waals surface area contributed by atoms with Crippen LogP contribution in [0.5, 0.6) is 0 Å². The minimum atomic E-state index is -0.130. The van der Waals surface area contributed by atoms with Gasteiger partial charge in [0.25, 0.3) is 0 Å². The highest BCUT2D eigenvalue weighted by molar-refractivity contribution is 6.12. The molecular weight excluding hydrogens is 817 g/mol. The third kappa shape index (κ3) is 10.2. The van der Waals surface area contributed by atoms with Crippen molar-refractivity contribution in [2.45, 2.75) is 0 Å². The highest BCUT2D eigenvalue weighted by Gasteiger charge is 2.24. The van der Waals surface area contributed by atoms with E-state index >= 15 is 4.79 Å². The van der Waals surface area contributed by atoms with Crippen LogP contribution in [0.25, 0.3) is 0 Å². The van der Waals surface area contributed by atoms with Crippen molar-refractivity contribution in [2.24, 2.45) is 0 Å². The van der Waals surface area contributed by atoms with Gasteiger partial charge in [0.1, 0.15) is 0 Å². The minimum Gasteiger partial charge on any atom is -0.338 e. The molecule has 5 nitrogen and oxygen atoms in total. The molecule has 322 valence electrons. The lowest BCUT2D eigenvalue weighted by atomic mass is 9.98. The van der Waals surface area contributed by atoms with Gasteiger partial charge in [-0.2, -0.15) is 0 Å².